The summed E-state index contributed by atoms with van der Waals surface area (Å²) in [6, 6.07) is 19.1. The number of aromatic nitrogens is 2. The van der Waals surface area contributed by atoms with Crippen LogP contribution >= 0.6 is 0 Å². The first kappa shape index (κ1) is 21.8. The minimum atomic E-state index is -0.701. The first-order valence-corrected chi connectivity index (χ1v) is 12.0. The van der Waals surface area contributed by atoms with E-state index in [1.807, 2.05) is 12.1 Å². The SMILES string of the molecule is O=C(O)C1CN(Cc2ccc(-c3noc(CCC4(c5ccccc5)CCCCC4)n3)cc2)C1. The zero-order valence-corrected chi connectivity index (χ0v) is 18.9. The van der Waals surface area contributed by atoms with Crippen LogP contribution in [0.5, 0.6) is 0 Å². The van der Waals surface area contributed by atoms with Crippen LogP contribution in [-0.2, 0) is 23.2 Å². The van der Waals surface area contributed by atoms with Crippen LogP contribution in [0.2, 0.25) is 0 Å². The Morgan fingerprint density at radius 2 is 1.76 bits per heavy atom. The summed E-state index contributed by atoms with van der Waals surface area (Å²) < 4.78 is 5.62. The van der Waals surface area contributed by atoms with Crippen molar-refractivity contribution in [3.63, 3.8) is 0 Å². The Kier molecular flexibility index (Phi) is 6.27. The molecule has 1 aliphatic carbocycles. The summed E-state index contributed by atoms with van der Waals surface area (Å²) in [5.74, 6) is 0.406. The zero-order chi connectivity index (χ0) is 22.7. The Morgan fingerprint density at radius 3 is 2.45 bits per heavy atom. The number of rotatable bonds is 8. The summed E-state index contributed by atoms with van der Waals surface area (Å²) in [5.41, 5.74) is 3.76. The van der Waals surface area contributed by atoms with Crippen molar-refractivity contribution >= 4 is 5.97 Å². The van der Waals surface area contributed by atoms with E-state index in [9.17, 15) is 4.79 Å². The predicted molar refractivity (Wildman–Crippen MR) is 126 cm³/mol. The van der Waals surface area contributed by atoms with Crippen LogP contribution in [0.4, 0.5) is 0 Å². The topological polar surface area (TPSA) is 79.5 Å². The van der Waals surface area contributed by atoms with Gasteiger partial charge in [-0.05, 0) is 35.8 Å². The summed E-state index contributed by atoms with van der Waals surface area (Å²) in [4.78, 5) is 17.8. The first-order valence-electron chi connectivity index (χ1n) is 12.0. The molecular weight excluding hydrogens is 414 g/mol. The van der Waals surface area contributed by atoms with Gasteiger partial charge in [0.1, 0.15) is 0 Å². The molecule has 0 spiro atoms. The number of carboxylic acids is 1. The number of hydrogen-bond acceptors (Lipinski definition) is 5. The molecule has 5 rings (SSSR count). The van der Waals surface area contributed by atoms with E-state index in [1.165, 1.54) is 37.7 Å². The number of carboxylic acid groups (broad SMARTS) is 1. The fraction of sp³-hybridized carbons (Fsp3) is 0.444. The molecule has 1 N–H and O–H groups in total. The van der Waals surface area contributed by atoms with E-state index in [1.54, 1.807) is 0 Å². The molecule has 0 unspecified atom stereocenters. The van der Waals surface area contributed by atoms with Crippen LogP contribution in [0.3, 0.4) is 0 Å². The van der Waals surface area contributed by atoms with Gasteiger partial charge in [-0.15, -0.1) is 0 Å². The minimum absolute atomic E-state index is 0.215. The highest BCUT2D eigenvalue weighted by molar-refractivity contribution is 5.71. The highest BCUT2D eigenvalue weighted by atomic mass is 16.5. The highest BCUT2D eigenvalue weighted by Gasteiger charge is 2.34. The standard InChI is InChI=1S/C27H31N3O3/c31-26(32)22-18-30(19-22)17-20-9-11-21(12-10-20)25-28-24(33-29-25)13-16-27(14-5-2-6-15-27)23-7-3-1-4-8-23/h1,3-4,7-12,22H,2,5-6,13-19H2,(H,31,32). The molecule has 0 bridgehead atoms. The van der Waals surface area contributed by atoms with Gasteiger partial charge in [0.2, 0.25) is 11.7 Å². The molecule has 1 aliphatic heterocycles. The fourth-order valence-corrected chi connectivity index (χ4v) is 5.40. The molecule has 1 saturated carbocycles. The molecule has 0 amide bonds. The Hall–Kier alpha value is -2.99. The van der Waals surface area contributed by atoms with Gasteiger partial charge in [0.15, 0.2) is 0 Å². The third kappa shape index (κ3) is 4.86. The lowest BCUT2D eigenvalue weighted by molar-refractivity contribution is -0.147. The quantitative estimate of drug-likeness (QED) is 0.520. The molecule has 172 valence electrons. The molecule has 1 saturated heterocycles. The van der Waals surface area contributed by atoms with Crippen LogP contribution < -0.4 is 0 Å². The van der Waals surface area contributed by atoms with Crippen molar-refractivity contribution < 1.29 is 14.4 Å². The molecule has 6 nitrogen and oxygen atoms in total. The molecule has 2 heterocycles. The van der Waals surface area contributed by atoms with Crippen LogP contribution in [0, 0.1) is 5.92 Å². The maximum absolute atomic E-state index is 11.0. The van der Waals surface area contributed by atoms with Gasteiger partial charge in [-0.2, -0.15) is 4.98 Å². The van der Waals surface area contributed by atoms with Crippen LogP contribution in [0.15, 0.2) is 59.1 Å². The molecule has 1 aromatic heterocycles. The number of aliphatic carboxylic acids is 1. The molecule has 6 heteroatoms. The maximum Gasteiger partial charge on any atom is 0.309 e. The van der Waals surface area contributed by atoms with Crippen molar-refractivity contribution in [2.45, 2.75) is 56.9 Å². The number of benzene rings is 2. The number of nitrogens with zero attached hydrogens (tertiary/aromatic N) is 3. The summed E-state index contributed by atoms with van der Waals surface area (Å²) >= 11 is 0. The first-order chi connectivity index (χ1) is 16.1. The monoisotopic (exact) mass is 445 g/mol. The average molecular weight is 446 g/mol. The van der Waals surface area contributed by atoms with E-state index in [0.29, 0.717) is 24.8 Å². The smallest absolute Gasteiger partial charge is 0.309 e. The molecule has 2 fully saturated rings. The van der Waals surface area contributed by atoms with Gasteiger partial charge in [-0.3, -0.25) is 9.69 Å². The number of carbonyl (C=O) groups is 1. The molecule has 0 atom stereocenters. The largest absolute Gasteiger partial charge is 0.481 e. The van der Waals surface area contributed by atoms with E-state index < -0.39 is 5.97 Å². The van der Waals surface area contributed by atoms with Crippen molar-refractivity contribution in [2.24, 2.45) is 5.92 Å². The van der Waals surface area contributed by atoms with Crippen LogP contribution in [-0.4, -0.2) is 39.2 Å². The van der Waals surface area contributed by atoms with Gasteiger partial charge in [0, 0.05) is 31.6 Å². The molecule has 33 heavy (non-hydrogen) atoms. The maximum atomic E-state index is 11.0. The lowest BCUT2D eigenvalue weighted by Crippen LogP contribution is -2.49. The molecular formula is C27H31N3O3. The van der Waals surface area contributed by atoms with E-state index >= 15 is 0 Å². The minimum Gasteiger partial charge on any atom is -0.481 e. The molecule has 3 aromatic rings. The normalized spacial score (nSPS) is 18.7. The second-order valence-electron chi connectivity index (χ2n) is 9.64. The van der Waals surface area contributed by atoms with Gasteiger partial charge in [0.25, 0.3) is 0 Å². The van der Waals surface area contributed by atoms with Crippen LogP contribution in [0.25, 0.3) is 11.4 Å². The second kappa shape index (κ2) is 9.48. The lowest BCUT2D eigenvalue weighted by atomic mass is 9.67. The fourth-order valence-electron chi connectivity index (χ4n) is 5.40. The Labute approximate surface area is 194 Å². The zero-order valence-electron chi connectivity index (χ0n) is 18.9. The second-order valence-corrected chi connectivity index (χ2v) is 9.64. The van der Waals surface area contributed by atoms with Crippen molar-refractivity contribution in [3.8, 4) is 11.4 Å². The number of likely N-dealkylation sites (tertiary alicyclic amines) is 1. The van der Waals surface area contributed by atoms with Crippen molar-refractivity contribution in [1.82, 2.24) is 15.0 Å². The number of aryl methyl sites for hydroxylation is 1. The lowest BCUT2D eigenvalue weighted by Gasteiger charge is -2.38. The van der Waals surface area contributed by atoms with E-state index in [-0.39, 0.29) is 11.3 Å². The Bertz CT molecular complexity index is 1070. The van der Waals surface area contributed by atoms with Gasteiger partial charge >= 0.3 is 5.97 Å². The third-order valence-corrected chi connectivity index (χ3v) is 7.41. The molecule has 0 radical (unpaired) electrons. The van der Waals surface area contributed by atoms with E-state index in [2.05, 4.69) is 57.5 Å². The van der Waals surface area contributed by atoms with Crippen molar-refractivity contribution in [3.05, 3.63) is 71.6 Å². The summed E-state index contributed by atoms with van der Waals surface area (Å²) in [6.07, 6.45) is 8.17. The van der Waals surface area contributed by atoms with Gasteiger partial charge in [-0.1, -0.05) is 79.0 Å². The van der Waals surface area contributed by atoms with Gasteiger partial charge in [0.05, 0.1) is 5.92 Å². The van der Waals surface area contributed by atoms with Gasteiger partial charge < -0.3 is 9.63 Å². The summed E-state index contributed by atoms with van der Waals surface area (Å²) in [7, 11) is 0. The van der Waals surface area contributed by atoms with E-state index in [0.717, 1.165) is 30.5 Å². The van der Waals surface area contributed by atoms with Crippen molar-refractivity contribution in [2.75, 3.05) is 13.1 Å². The molecule has 2 aromatic carbocycles. The Balaban J connectivity index is 1.21. The summed E-state index contributed by atoms with van der Waals surface area (Å²) in [6.45, 7) is 2.01. The van der Waals surface area contributed by atoms with E-state index in [4.69, 9.17) is 9.63 Å². The third-order valence-electron chi connectivity index (χ3n) is 7.41. The number of hydrogen-bond donors (Lipinski definition) is 1. The average Bonchev–Trinajstić information content (AvgIpc) is 3.30. The van der Waals surface area contributed by atoms with Gasteiger partial charge in [-0.25, -0.2) is 0 Å². The predicted octanol–water partition coefficient (Wildman–Crippen LogP) is 5.09. The van der Waals surface area contributed by atoms with Crippen molar-refractivity contribution in [1.29, 1.82) is 0 Å². The highest BCUT2D eigenvalue weighted by Crippen LogP contribution is 2.42. The Morgan fingerprint density at radius 1 is 1.03 bits per heavy atom. The molecule has 2 aliphatic rings. The summed E-state index contributed by atoms with van der Waals surface area (Å²) in [5, 5.41) is 13.2. The van der Waals surface area contributed by atoms with Crippen LogP contribution in [0.1, 0.15) is 55.5 Å².